The summed E-state index contributed by atoms with van der Waals surface area (Å²) in [6.45, 7) is 3.50. The number of fused-ring (bicyclic) bond motifs is 1. The van der Waals surface area contributed by atoms with Crippen LogP contribution in [0.2, 0.25) is 0 Å². The molecular formula is C15H17NO2S. The third kappa shape index (κ3) is 2.46. The van der Waals surface area contributed by atoms with Crippen molar-refractivity contribution in [2.75, 3.05) is 13.2 Å². The van der Waals surface area contributed by atoms with Crippen molar-refractivity contribution >= 4 is 11.3 Å². The zero-order valence-corrected chi connectivity index (χ0v) is 11.7. The molecule has 100 valence electrons. The fraction of sp³-hybridized carbons (Fsp3) is 0.333. The van der Waals surface area contributed by atoms with Gasteiger partial charge < -0.3 is 15.2 Å². The van der Waals surface area contributed by atoms with Crippen LogP contribution < -0.4 is 15.2 Å². The van der Waals surface area contributed by atoms with E-state index in [0.717, 1.165) is 23.5 Å². The fourth-order valence-electron chi connectivity index (χ4n) is 2.24. The number of aryl methyl sites for hydroxylation is 1. The first-order valence-electron chi connectivity index (χ1n) is 6.43. The van der Waals surface area contributed by atoms with Gasteiger partial charge in [0.15, 0.2) is 11.5 Å². The predicted octanol–water partition coefficient (Wildman–Crippen LogP) is 3.27. The van der Waals surface area contributed by atoms with Gasteiger partial charge in [-0.25, -0.2) is 0 Å². The second-order valence-electron chi connectivity index (χ2n) is 4.74. The summed E-state index contributed by atoms with van der Waals surface area (Å²) >= 11 is 1.69. The van der Waals surface area contributed by atoms with Crippen molar-refractivity contribution in [3.8, 4) is 11.5 Å². The maximum Gasteiger partial charge on any atom is 0.161 e. The third-order valence-corrected chi connectivity index (χ3v) is 4.24. The van der Waals surface area contributed by atoms with E-state index in [4.69, 9.17) is 15.2 Å². The molecule has 2 N–H and O–H groups in total. The topological polar surface area (TPSA) is 44.5 Å². The molecule has 1 unspecified atom stereocenters. The van der Waals surface area contributed by atoms with Crippen LogP contribution in [-0.2, 0) is 0 Å². The molecule has 2 aromatic rings. The Hall–Kier alpha value is -1.52. The molecule has 0 aliphatic carbocycles. The molecule has 0 bridgehead atoms. The lowest BCUT2D eigenvalue weighted by Gasteiger charge is -2.15. The smallest absolute Gasteiger partial charge is 0.161 e. The van der Waals surface area contributed by atoms with Crippen LogP contribution in [0.4, 0.5) is 0 Å². The molecule has 2 heterocycles. The highest BCUT2D eigenvalue weighted by atomic mass is 32.1. The first kappa shape index (κ1) is 12.5. The van der Waals surface area contributed by atoms with E-state index in [1.807, 2.05) is 18.2 Å². The minimum Gasteiger partial charge on any atom is -0.490 e. The molecule has 0 amide bonds. The SMILES string of the molecule is Cc1cscc1C(N)c1ccc2c(c1)OCCCO2. The number of ether oxygens (including phenoxy) is 2. The Kier molecular flexibility index (Phi) is 3.44. The maximum absolute atomic E-state index is 6.34. The lowest BCUT2D eigenvalue weighted by molar-refractivity contribution is 0.297. The van der Waals surface area contributed by atoms with E-state index in [9.17, 15) is 0 Å². The summed E-state index contributed by atoms with van der Waals surface area (Å²) in [5.41, 5.74) is 9.83. The third-order valence-electron chi connectivity index (χ3n) is 3.36. The molecule has 3 rings (SSSR count). The summed E-state index contributed by atoms with van der Waals surface area (Å²) in [6, 6.07) is 5.87. The van der Waals surface area contributed by atoms with E-state index < -0.39 is 0 Å². The van der Waals surface area contributed by atoms with Crippen LogP contribution in [0.1, 0.15) is 29.2 Å². The Balaban J connectivity index is 1.93. The summed E-state index contributed by atoms with van der Waals surface area (Å²) < 4.78 is 11.3. The minimum absolute atomic E-state index is 0.108. The molecule has 1 atom stereocenters. The van der Waals surface area contributed by atoms with Crippen LogP contribution >= 0.6 is 11.3 Å². The number of hydrogen-bond acceptors (Lipinski definition) is 4. The Bertz CT molecular complexity index is 579. The molecule has 4 heteroatoms. The molecule has 1 aliphatic heterocycles. The maximum atomic E-state index is 6.34. The van der Waals surface area contributed by atoms with Crippen LogP contribution in [0.15, 0.2) is 29.0 Å². The zero-order chi connectivity index (χ0) is 13.2. The number of thiophene rings is 1. The first-order valence-corrected chi connectivity index (χ1v) is 7.38. The molecule has 0 spiro atoms. The summed E-state index contributed by atoms with van der Waals surface area (Å²) in [6.07, 6.45) is 0.916. The van der Waals surface area contributed by atoms with Gasteiger partial charge in [0.2, 0.25) is 0 Å². The largest absolute Gasteiger partial charge is 0.490 e. The van der Waals surface area contributed by atoms with Crippen molar-refractivity contribution in [2.24, 2.45) is 5.73 Å². The number of hydrogen-bond donors (Lipinski definition) is 1. The summed E-state index contributed by atoms with van der Waals surface area (Å²) in [7, 11) is 0. The Morgan fingerprint density at radius 3 is 2.68 bits per heavy atom. The van der Waals surface area contributed by atoms with Crippen molar-refractivity contribution in [3.63, 3.8) is 0 Å². The summed E-state index contributed by atoms with van der Waals surface area (Å²) in [5.74, 6) is 1.62. The van der Waals surface area contributed by atoms with Crippen LogP contribution in [0.3, 0.4) is 0 Å². The highest BCUT2D eigenvalue weighted by Crippen LogP contribution is 2.34. The van der Waals surface area contributed by atoms with E-state index in [0.29, 0.717) is 13.2 Å². The molecule has 0 fully saturated rings. The van der Waals surface area contributed by atoms with Gasteiger partial charge in [-0.3, -0.25) is 0 Å². The highest BCUT2D eigenvalue weighted by Gasteiger charge is 2.16. The Morgan fingerprint density at radius 1 is 1.16 bits per heavy atom. The van der Waals surface area contributed by atoms with E-state index in [-0.39, 0.29) is 6.04 Å². The standard InChI is InChI=1S/C15H17NO2S/c1-10-8-19-9-12(10)15(16)11-3-4-13-14(7-11)18-6-2-5-17-13/h3-4,7-9,15H,2,5-6,16H2,1H3. The minimum atomic E-state index is -0.108. The molecule has 3 nitrogen and oxygen atoms in total. The Morgan fingerprint density at radius 2 is 1.95 bits per heavy atom. The van der Waals surface area contributed by atoms with Gasteiger partial charge in [-0.2, -0.15) is 11.3 Å². The molecule has 1 aliphatic rings. The fourth-order valence-corrected chi connectivity index (χ4v) is 3.13. The number of rotatable bonds is 2. The van der Waals surface area contributed by atoms with Gasteiger partial charge in [-0.05, 0) is 46.5 Å². The summed E-state index contributed by atoms with van der Waals surface area (Å²) in [5, 5.41) is 4.24. The first-order chi connectivity index (χ1) is 9.25. The molecule has 1 aromatic carbocycles. The van der Waals surface area contributed by atoms with Gasteiger partial charge in [-0.15, -0.1) is 0 Å². The molecule has 0 radical (unpaired) electrons. The highest BCUT2D eigenvalue weighted by molar-refractivity contribution is 7.08. The van der Waals surface area contributed by atoms with Crippen molar-refractivity contribution in [1.29, 1.82) is 0 Å². The average Bonchev–Trinajstić information content (AvgIpc) is 2.72. The number of nitrogens with two attached hydrogens (primary N) is 1. The van der Waals surface area contributed by atoms with E-state index >= 15 is 0 Å². The molecular weight excluding hydrogens is 258 g/mol. The van der Waals surface area contributed by atoms with Gasteiger partial charge >= 0.3 is 0 Å². The van der Waals surface area contributed by atoms with Crippen molar-refractivity contribution in [3.05, 3.63) is 45.6 Å². The summed E-state index contributed by atoms with van der Waals surface area (Å²) in [4.78, 5) is 0. The van der Waals surface area contributed by atoms with Crippen LogP contribution in [0.5, 0.6) is 11.5 Å². The van der Waals surface area contributed by atoms with Crippen LogP contribution in [-0.4, -0.2) is 13.2 Å². The lowest BCUT2D eigenvalue weighted by atomic mass is 9.99. The zero-order valence-electron chi connectivity index (χ0n) is 10.9. The second kappa shape index (κ2) is 5.23. The average molecular weight is 275 g/mol. The molecule has 19 heavy (non-hydrogen) atoms. The Labute approximate surface area is 117 Å². The van der Waals surface area contributed by atoms with Crippen LogP contribution in [0, 0.1) is 6.92 Å². The van der Waals surface area contributed by atoms with Crippen molar-refractivity contribution < 1.29 is 9.47 Å². The van der Waals surface area contributed by atoms with E-state index in [1.165, 1.54) is 11.1 Å². The molecule has 0 saturated carbocycles. The van der Waals surface area contributed by atoms with Crippen LogP contribution in [0.25, 0.3) is 0 Å². The predicted molar refractivity (Wildman–Crippen MR) is 77.1 cm³/mol. The van der Waals surface area contributed by atoms with E-state index in [2.05, 4.69) is 17.7 Å². The van der Waals surface area contributed by atoms with Gasteiger partial charge in [0, 0.05) is 6.42 Å². The lowest BCUT2D eigenvalue weighted by Crippen LogP contribution is -2.12. The van der Waals surface area contributed by atoms with E-state index in [1.54, 1.807) is 11.3 Å². The van der Waals surface area contributed by atoms with Gasteiger partial charge in [-0.1, -0.05) is 6.07 Å². The molecule has 1 aromatic heterocycles. The van der Waals surface area contributed by atoms with Gasteiger partial charge in [0.1, 0.15) is 0 Å². The van der Waals surface area contributed by atoms with Crippen molar-refractivity contribution in [2.45, 2.75) is 19.4 Å². The normalized spacial score (nSPS) is 15.9. The monoisotopic (exact) mass is 275 g/mol. The van der Waals surface area contributed by atoms with Gasteiger partial charge in [0.25, 0.3) is 0 Å². The van der Waals surface area contributed by atoms with Gasteiger partial charge in [0.05, 0.1) is 19.3 Å². The second-order valence-corrected chi connectivity index (χ2v) is 5.49. The molecule has 0 saturated heterocycles. The quantitative estimate of drug-likeness (QED) is 0.915. The van der Waals surface area contributed by atoms with Crippen molar-refractivity contribution in [1.82, 2.24) is 0 Å². The number of benzene rings is 1.